The topological polar surface area (TPSA) is 62.3 Å². The van der Waals surface area contributed by atoms with E-state index < -0.39 is 11.9 Å². The molecule has 0 radical (unpaired) electrons. The van der Waals surface area contributed by atoms with Gasteiger partial charge >= 0.3 is 6.18 Å². The molecule has 0 saturated carbocycles. The molecule has 3 rings (SSSR count). The van der Waals surface area contributed by atoms with Crippen LogP contribution in [0.1, 0.15) is 38.3 Å². The van der Waals surface area contributed by atoms with Crippen LogP contribution in [-0.4, -0.2) is 47.4 Å². The van der Waals surface area contributed by atoms with E-state index in [1.165, 1.54) is 0 Å². The molecular formula is C17H24F3N5OS. The van der Waals surface area contributed by atoms with Crippen molar-refractivity contribution >= 4 is 29.1 Å². The van der Waals surface area contributed by atoms with Gasteiger partial charge in [0.1, 0.15) is 5.82 Å². The molecular weight excluding hydrogens is 379 g/mol. The van der Waals surface area contributed by atoms with E-state index in [-0.39, 0.29) is 23.0 Å². The van der Waals surface area contributed by atoms with Gasteiger partial charge in [-0.05, 0) is 43.8 Å². The van der Waals surface area contributed by atoms with E-state index in [0.717, 1.165) is 38.4 Å². The number of hydrogen-bond acceptors (Lipinski definition) is 5. The maximum atomic E-state index is 13.3. The maximum Gasteiger partial charge on any atom is 0.433 e. The molecule has 0 aliphatic carbocycles. The van der Waals surface area contributed by atoms with Crippen LogP contribution in [0.15, 0.2) is 6.07 Å². The van der Waals surface area contributed by atoms with Gasteiger partial charge in [0.15, 0.2) is 10.8 Å². The lowest BCUT2D eigenvalue weighted by Gasteiger charge is -2.31. The number of anilines is 2. The second kappa shape index (κ2) is 8.55. The summed E-state index contributed by atoms with van der Waals surface area (Å²) in [5, 5.41) is 5.82. The van der Waals surface area contributed by atoms with Gasteiger partial charge in [0.2, 0.25) is 5.95 Å². The molecule has 2 aliphatic heterocycles. The lowest BCUT2D eigenvalue weighted by Crippen LogP contribution is -2.36. The Hall–Kier alpha value is -1.68. The van der Waals surface area contributed by atoms with Crippen molar-refractivity contribution in [3.05, 3.63) is 11.8 Å². The third kappa shape index (κ3) is 5.65. The Morgan fingerprint density at radius 2 is 2.04 bits per heavy atom. The summed E-state index contributed by atoms with van der Waals surface area (Å²) >= 11 is 5.17. The van der Waals surface area contributed by atoms with Crippen LogP contribution < -0.4 is 15.5 Å². The normalized spacial score (nSPS) is 21.3. The van der Waals surface area contributed by atoms with Crippen LogP contribution in [0.3, 0.4) is 0 Å². The van der Waals surface area contributed by atoms with Crippen molar-refractivity contribution in [2.75, 3.05) is 36.5 Å². The average Bonchev–Trinajstić information content (AvgIpc) is 3.13. The van der Waals surface area contributed by atoms with E-state index in [2.05, 4.69) is 27.5 Å². The van der Waals surface area contributed by atoms with Crippen LogP contribution in [0.25, 0.3) is 0 Å². The molecule has 0 bridgehead atoms. The van der Waals surface area contributed by atoms with E-state index in [1.54, 1.807) is 0 Å². The van der Waals surface area contributed by atoms with Crippen LogP contribution in [-0.2, 0) is 10.9 Å². The number of nitrogens with zero attached hydrogens (tertiary/aromatic N) is 3. The summed E-state index contributed by atoms with van der Waals surface area (Å²) in [7, 11) is 0. The zero-order valence-corrected chi connectivity index (χ0v) is 16.0. The lowest BCUT2D eigenvalue weighted by atomic mass is 9.99. The van der Waals surface area contributed by atoms with Crippen molar-refractivity contribution in [2.45, 2.75) is 44.9 Å². The number of rotatable bonds is 4. The second-order valence-electron chi connectivity index (χ2n) is 7.07. The standard InChI is InChI=1S/C17H24F3N5OS/c1-11-4-6-25(7-5-11)14-9-13(17(18,19)20)22-15(23-14)24-16(27)21-10-12-3-2-8-26-12/h9,11-12H,2-8,10H2,1H3,(H2,21,22,23,24,27). The van der Waals surface area contributed by atoms with Gasteiger partial charge in [0.05, 0.1) is 6.10 Å². The van der Waals surface area contributed by atoms with Gasteiger partial charge in [0.25, 0.3) is 0 Å². The first kappa shape index (κ1) is 20.1. The molecule has 1 aromatic heterocycles. The molecule has 2 saturated heterocycles. The Bertz CT molecular complexity index is 658. The maximum absolute atomic E-state index is 13.3. The van der Waals surface area contributed by atoms with Gasteiger partial charge in [-0.2, -0.15) is 18.2 Å². The third-order valence-corrected chi connectivity index (χ3v) is 5.10. The van der Waals surface area contributed by atoms with Crippen LogP contribution in [0.4, 0.5) is 24.9 Å². The highest BCUT2D eigenvalue weighted by atomic mass is 32.1. The fourth-order valence-corrected chi connectivity index (χ4v) is 3.37. The number of halogens is 3. The number of piperidine rings is 1. The van der Waals surface area contributed by atoms with Crippen LogP contribution in [0.2, 0.25) is 0 Å². The summed E-state index contributed by atoms with van der Waals surface area (Å²) in [4.78, 5) is 9.73. The first-order valence-corrected chi connectivity index (χ1v) is 9.60. The molecule has 2 aliphatic rings. The minimum absolute atomic E-state index is 0.0677. The van der Waals surface area contributed by atoms with Gasteiger partial charge in [-0.3, -0.25) is 0 Å². The average molecular weight is 403 g/mol. The summed E-state index contributed by atoms with van der Waals surface area (Å²) in [6.45, 7) is 4.72. The molecule has 10 heteroatoms. The molecule has 0 spiro atoms. The van der Waals surface area contributed by atoms with E-state index in [1.807, 2.05) is 4.90 Å². The van der Waals surface area contributed by atoms with Gasteiger partial charge < -0.3 is 20.3 Å². The smallest absolute Gasteiger partial charge is 0.376 e. The number of hydrogen-bond donors (Lipinski definition) is 2. The zero-order chi connectivity index (χ0) is 19.4. The molecule has 1 atom stereocenters. The quantitative estimate of drug-likeness (QED) is 0.749. The molecule has 3 heterocycles. The summed E-state index contributed by atoms with van der Waals surface area (Å²) in [6.07, 6.45) is -0.693. The molecule has 2 N–H and O–H groups in total. The summed E-state index contributed by atoms with van der Waals surface area (Å²) in [5.74, 6) is 0.689. The van der Waals surface area contributed by atoms with E-state index in [9.17, 15) is 13.2 Å². The molecule has 0 aromatic carbocycles. The minimum Gasteiger partial charge on any atom is -0.376 e. The van der Waals surface area contributed by atoms with Crippen molar-refractivity contribution < 1.29 is 17.9 Å². The molecule has 2 fully saturated rings. The highest BCUT2D eigenvalue weighted by Crippen LogP contribution is 2.31. The van der Waals surface area contributed by atoms with Gasteiger partial charge in [0, 0.05) is 32.3 Å². The fourth-order valence-electron chi connectivity index (χ4n) is 3.19. The zero-order valence-electron chi connectivity index (χ0n) is 15.2. The highest BCUT2D eigenvalue weighted by Gasteiger charge is 2.34. The molecule has 1 aromatic rings. The van der Waals surface area contributed by atoms with Gasteiger partial charge in [-0.15, -0.1) is 0 Å². The predicted molar refractivity (Wildman–Crippen MR) is 101 cm³/mol. The third-order valence-electron chi connectivity index (χ3n) is 4.85. The SMILES string of the molecule is CC1CCN(c2cc(C(F)(F)F)nc(NC(=S)NCC3CCCO3)n2)CC1. The second-order valence-corrected chi connectivity index (χ2v) is 7.48. The number of thiocarbonyl (C=S) groups is 1. The largest absolute Gasteiger partial charge is 0.433 e. The highest BCUT2D eigenvalue weighted by molar-refractivity contribution is 7.80. The monoisotopic (exact) mass is 403 g/mol. The van der Waals surface area contributed by atoms with Crippen LogP contribution in [0.5, 0.6) is 0 Å². The van der Waals surface area contributed by atoms with E-state index in [0.29, 0.717) is 25.6 Å². The van der Waals surface area contributed by atoms with E-state index >= 15 is 0 Å². The summed E-state index contributed by atoms with van der Waals surface area (Å²) in [5.41, 5.74) is -0.976. The Balaban J connectivity index is 1.70. The Morgan fingerprint density at radius 3 is 2.67 bits per heavy atom. The Labute approximate surface area is 161 Å². The van der Waals surface area contributed by atoms with Gasteiger partial charge in [-0.25, -0.2) is 4.98 Å². The van der Waals surface area contributed by atoms with E-state index in [4.69, 9.17) is 17.0 Å². The van der Waals surface area contributed by atoms with Crippen molar-refractivity contribution in [2.24, 2.45) is 5.92 Å². The molecule has 0 amide bonds. The number of aromatic nitrogens is 2. The minimum atomic E-state index is -4.55. The summed E-state index contributed by atoms with van der Waals surface area (Å²) in [6, 6.07) is 1.00. The van der Waals surface area contributed by atoms with Gasteiger partial charge in [-0.1, -0.05) is 6.92 Å². The van der Waals surface area contributed by atoms with Crippen molar-refractivity contribution in [1.82, 2.24) is 15.3 Å². The van der Waals surface area contributed by atoms with Crippen molar-refractivity contribution in [3.8, 4) is 0 Å². The number of alkyl halides is 3. The molecule has 1 unspecified atom stereocenters. The van der Waals surface area contributed by atoms with Crippen LogP contribution >= 0.6 is 12.2 Å². The Morgan fingerprint density at radius 1 is 1.30 bits per heavy atom. The van der Waals surface area contributed by atoms with Crippen molar-refractivity contribution in [1.29, 1.82) is 0 Å². The van der Waals surface area contributed by atoms with Crippen LogP contribution in [0, 0.1) is 5.92 Å². The van der Waals surface area contributed by atoms with Crippen molar-refractivity contribution in [3.63, 3.8) is 0 Å². The first-order chi connectivity index (χ1) is 12.8. The fraction of sp³-hybridized carbons (Fsp3) is 0.706. The molecule has 27 heavy (non-hydrogen) atoms. The lowest BCUT2D eigenvalue weighted by molar-refractivity contribution is -0.141. The first-order valence-electron chi connectivity index (χ1n) is 9.19. The Kier molecular flexibility index (Phi) is 6.36. The predicted octanol–water partition coefficient (Wildman–Crippen LogP) is 3.20. The number of ether oxygens (including phenoxy) is 1. The summed E-state index contributed by atoms with van der Waals surface area (Å²) < 4.78 is 45.3. The molecule has 150 valence electrons. The number of nitrogens with one attached hydrogen (secondary N) is 2. The molecule has 6 nitrogen and oxygen atoms in total.